The molecular formula is C29H23Cl2FN6O. The molecule has 0 atom stereocenters. The van der Waals surface area contributed by atoms with Gasteiger partial charge in [-0.05, 0) is 61.4 Å². The molecule has 0 radical (unpaired) electrons. The van der Waals surface area contributed by atoms with Gasteiger partial charge in [-0.2, -0.15) is 0 Å². The highest BCUT2D eigenvalue weighted by Crippen LogP contribution is 2.35. The molecule has 6 rings (SSSR count). The summed E-state index contributed by atoms with van der Waals surface area (Å²) in [4.78, 5) is 29.0. The zero-order valence-corrected chi connectivity index (χ0v) is 22.2. The third-order valence-electron chi connectivity index (χ3n) is 6.87. The van der Waals surface area contributed by atoms with Gasteiger partial charge in [-0.25, -0.2) is 19.3 Å². The summed E-state index contributed by atoms with van der Waals surface area (Å²) in [6.45, 7) is 1.28. The summed E-state index contributed by atoms with van der Waals surface area (Å²) < 4.78 is 16.0. The molecule has 0 spiro atoms. The summed E-state index contributed by atoms with van der Waals surface area (Å²) >= 11 is 12.8. The van der Waals surface area contributed by atoms with Crippen LogP contribution in [0.1, 0.15) is 23.2 Å². The molecule has 3 aromatic carbocycles. The Hall–Kier alpha value is -4.01. The maximum Gasteiger partial charge on any atom is 0.254 e. The molecule has 1 aliphatic rings. The normalized spacial score (nSPS) is 14.1. The van der Waals surface area contributed by atoms with Crippen molar-refractivity contribution in [1.29, 1.82) is 0 Å². The maximum absolute atomic E-state index is 14.0. The number of carbonyl (C=O) groups is 1. The van der Waals surface area contributed by atoms with E-state index in [1.165, 1.54) is 18.5 Å². The first-order valence-electron chi connectivity index (χ1n) is 12.5. The number of hydrogen-bond acceptors (Lipinski definition) is 5. The second-order valence-corrected chi connectivity index (χ2v) is 10.2. The average Bonchev–Trinajstić information content (AvgIpc) is 3.34. The van der Waals surface area contributed by atoms with Gasteiger partial charge < -0.3 is 10.2 Å². The van der Waals surface area contributed by atoms with E-state index in [9.17, 15) is 9.18 Å². The standard InChI is InChI=1S/C29H23Cl2FN6O/c30-18-9-11-20(12-10-18)38-26(21-5-1-3-7-23(21)31)36-25-27(33-17-34-28(25)38)37-15-13-19(14-16-37)35-29(39)22-6-2-4-8-24(22)32/h1-12,17,19H,13-16H2,(H,35,39). The van der Waals surface area contributed by atoms with Crippen LogP contribution in [0.25, 0.3) is 28.2 Å². The number of imidazole rings is 1. The fourth-order valence-electron chi connectivity index (χ4n) is 4.91. The summed E-state index contributed by atoms with van der Waals surface area (Å²) in [5.74, 6) is 0.426. The van der Waals surface area contributed by atoms with Crippen molar-refractivity contribution in [2.24, 2.45) is 0 Å². The van der Waals surface area contributed by atoms with E-state index < -0.39 is 11.7 Å². The summed E-state index contributed by atoms with van der Waals surface area (Å²) in [6, 6.07) is 20.9. The zero-order chi connectivity index (χ0) is 26.9. The van der Waals surface area contributed by atoms with Crippen molar-refractivity contribution in [1.82, 2.24) is 24.8 Å². The van der Waals surface area contributed by atoms with Crippen LogP contribution in [0.2, 0.25) is 10.0 Å². The second kappa shape index (κ2) is 10.6. The Morgan fingerprint density at radius 1 is 0.923 bits per heavy atom. The number of carbonyl (C=O) groups excluding carboxylic acids is 1. The van der Waals surface area contributed by atoms with Crippen LogP contribution in [-0.4, -0.2) is 44.6 Å². The van der Waals surface area contributed by atoms with E-state index in [1.54, 1.807) is 12.1 Å². The van der Waals surface area contributed by atoms with Crippen LogP contribution in [0, 0.1) is 5.82 Å². The van der Waals surface area contributed by atoms with E-state index in [1.807, 2.05) is 53.1 Å². The highest BCUT2D eigenvalue weighted by atomic mass is 35.5. The zero-order valence-electron chi connectivity index (χ0n) is 20.7. The molecule has 0 unspecified atom stereocenters. The molecule has 1 amide bonds. The molecule has 3 heterocycles. The van der Waals surface area contributed by atoms with E-state index in [0.29, 0.717) is 58.8 Å². The number of rotatable bonds is 5. The Bertz CT molecular complexity index is 1660. The number of amides is 1. The lowest BCUT2D eigenvalue weighted by Gasteiger charge is -2.33. The van der Waals surface area contributed by atoms with E-state index in [2.05, 4.69) is 20.2 Å². The van der Waals surface area contributed by atoms with Crippen molar-refractivity contribution in [3.63, 3.8) is 0 Å². The molecule has 10 heteroatoms. The monoisotopic (exact) mass is 560 g/mol. The smallest absolute Gasteiger partial charge is 0.254 e. The first-order chi connectivity index (χ1) is 19.0. The molecule has 0 saturated carbocycles. The summed E-state index contributed by atoms with van der Waals surface area (Å²) in [7, 11) is 0. The number of anilines is 1. The number of nitrogens with zero attached hydrogens (tertiary/aromatic N) is 5. The Kier molecular flexibility index (Phi) is 6.89. The van der Waals surface area contributed by atoms with Crippen LogP contribution >= 0.6 is 23.2 Å². The van der Waals surface area contributed by atoms with Crippen molar-refractivity contribution in [2.75, 3.05) is 18.0 Å². The highest BCUT2D eigenvalue weighted by Gasteiger charge is 2.27. The quantitative estimate of drug-likeness (QED) is 0.272. The van der Waals surface area contributed by atoms with Gasteiger partial charge in [0.25, 0.3) is 5.91 Å². The highest BCUT2D eigenvalue weighted by molar-refractivity contribution is 6.33. The van der Waals surface area contributed by atoms with Gasteiger partial charge in [-0.1, -0.05) is 47.5 Å². The Labute approximate surface area is 234 Å². The molecule has 1 saturated heterocycles. The number of benzene rings is 3. The number of piperidine rings is 1. The van der Waals surface area contributed by atoms with Crippen molar-refractivity contribution >= 4 is 46.1 Å². The lowest BCUT2D eigenvalue weighted by Crippen LogP contribution is -2.45. The fourth-order valence-corrected chi connectivity index (χ4v) is 5.26. The number of nitrogens with one attached hydrogen (secondary N) is 1. The van der Waals surface area contributed by atoms with Gasteiger partial charge in [0.15, 0.2) is 17.0 Å². The molecule has 2 aromatic heterocycles. The second-order valence-electron chi connectivity index (χ2n) is 9.31. The van der Waals surface area contributed by atoms with Gasteiger partial charge in [0.1, 0.15) is 18.0 Å². The van der Waals surface area contributed by atoms with Crippen molar-refractivity contribution in [3.8, 4) is 17.1 Å². The minimum absolute atomic E-state index is 0.0530. The predicted octanol–water partition coefficient (Wildman–Crippen LogP) is 6.33. The van der Waals surface area contributed by atoms with Gasteiger partial charge in [-0.3, -0.25) is 9.36 Å². The molecular weight excluding hydrogens is 538 g/mol. The third kappa shape index (κ3) is 4.93. The number of aromatic nitrogens is 4. The SMILES string of the molecule is O=C(NC1CCN(c2ncnc3c2nc(-c2ccccc2Cl)n3-c2ccc(Cl)cc2)CC1)c1ccccc1F. The average molecular weight is 561 g/mol. The number of halogens is 3. The number of fused-ring (bicyclic) bond motifs is 1. The van der Waals surface area contributed by atoms with Crippen molar-refractivity contribution in [2.45, 2.75) is 18.9 Å². The molecule has 196 valence electrons. The minimum atomic E-state index is -0.526. The molecule has 1 N–H and O–H groups in total. The topological polar surface area (TPSA) is 75.9 Å². The molecule has 1 aliphatic heterocycles. The van der Waals surface area contributed by atoms with Gasteiger partial charge in [0.05, 0.1) is 10.6 Å². The van der Waals surface area contributed by atoms with E-state index in [4.69, 9.17) is 28.2 Å². The van der Waals surface area contributed by atoms with Crippen LogP contribution < -0.4 is 10.2 Å². The molecule has 0 bridgehead atoms. The molecule has 0 aliphatic carbocycles. The van der Waals surface area contributed by atoms with E-state index >= 15 is 0 Å². The Morgan fingerprint density at radius 2 is 1.64 bits per heavy atom. The van der Waals surface area contributed by atoms with Gasteiger partial charge >= 0.3 is 0 Å². The molecule has 39 heavy (non-hydrogen) atoms. The van der Waals surface area contributed by atoms with Gasteiger partial charge in [0.2, 0.25) is 0 Å². The van der Waals surface area contributed by atoms with E-state index in [0.717, 1.165) is 11.3 Å². The van der Waals surface area contributed by atoms with Crippen molar-refractivity contribution < 1.29 is 9.18 Å². The van der Waals surface area contributed by atoms with Crippen LogP contribution in [0.3, 0.4) is 0 Å². The third-order valence-corrected chi connectivity index (χ3v) is 7.45. The molecule has 5 aromatic rings. The van der Waals surface area contributed by atoms with Crippen LogP contribution in [0.4, 0.5) is 10.2 Å². The van der Waals surface area contributed by atoms with Crippen LogP contribution in [0.5, 0.6) is 0 Å². The summed E-state index contributed by atoms with van der Waals surface area (Å²) in [5, 5.41) is 4.17. The van der Waals surface area contributed by atoms with Crippen LogP contribution in [-0.2, 0) is 0 Å². The Balaban J connectivity index is 1.32. The van der Waals surface area contributed by atoms with Gasteiger partial charge in [0, 0.05) is 35.4 Å². The molecule has 1 fully saturated rings. The van der Waals surface area contributed by atoms with Gasteiger partial charge in [-0.15, -0.1) is 0 Å². The molecule has 7 nitrogen and oxygen atoms in total. The number of hydrogen-bond donors (Lipinski definition) is 1. The fraction of sp³-hybridized carbons (Fsp3) is 0.172. The first kappa shape index (κ1) is 25.3. The summed E-state index contributed by atoms with van der Waals surface area (Å²) in [6.07, 6.45) is 2.90. The predicted molar refractivity (Wildman–Crippen MR) is 151 cm³/mol. The minimum Gasteiger partial charge on any atom is -0.355 e. The lowest BCUT2D eigenvalue weighted by molar-refractivity contribution is 0.0927. The van der Waals surface area contributed by atoms with Crippen molar-refractivity contribution in [3.05, 3.63) is 101 Å². The summed E-state index contributed by atoms with van der Waals surface area (Å²) in [5.41, 5.74) is 2.96. The van der Waals surface area contributed by atoms with Crippen LogP contribution in [0.15, 0.2) is 79.1 Å². The lowest BCUT2D eigenvalue weighted by atomic mass is 10.0. The maximum atomic E-state index is 14.0. The Morgan fingerprint density at radius 3 is 2.38 bits per heavy atom. The van der Waals surface area contributed by atoms with E-state index in [-0.39, 0.29) is 11.6 Å². The first-order valence-corrected chi connectivity index (χ1v) is 13.3. The largest absolute Gasteiger partial charge is 0.355 e.